The summed E-state index contributed by atoms with van der Waals surface area (Å²) in [6, 6.07) is 10.7. The highest BCUT2D eigenvalue weighted by molar-refractivity contribution is 9.10. The summed E-state index contributed by atoms with van der Waals surface area (Å²) in [6.07, 6.45) is 0.580. The monoisotopic (exact) mass is 491 g/mol. The molecule has 1 amide bonds. The van der Waals surface area contributed by atoms with E-state index >= 15 is 0 Å². The molecule has 0 spiro atoms. The highest BCUT2D eigenvalue weighted by atomic mass is 79.9. The number of benzene rings is 2. The number of hydrogen-bond donors (Lipinski definition) is 1. The predicted molar refractivity (Wildman–Crippen MR) is 115 cm³/mol. The standard InChI is InChI=1S/C21H19BrClN3O4/c1-12(15-10-17-18(11-16(15)22)29-9-8-28-17)24-19(27)6-7-20-25-21(26-30-20)13-2-4-14(23)5-3-13/h2-5,10-12H,6-9H2,1H3,(H,24,27). The number of hydrogen-bond acceptors (Lipinski definition) is 6. The Bertz CT molecular complexity index is 1050. The molecule has 0 saturated carbocycles. The third-order valence-electron chi connectivity index (χ3n) is 4.64. The Kier molecular flexibility index (Phi) is 6.24. The zero-order chi connectivity index (χ0) is 21.1. The average molecular weight is 493 g/mol. The van der Waals surface area contributed by atoms with Crippen molar-refractivity contribution in [3.63, 3.8) is 0 Å². The first-order valence-corrected chi connectivity index (χ1v) is 10.6. The molecule has 0 bridgehead atoms. The van der Waals surface area contributed by atoms with Gasteiger partial charge in [0.15, 0.2) is 11.5 Å². The second-order valence-corrected chi connectivity index (χ2v) is 8.12. The fraction of sp³-hybridized carbons (Fsp3) is 0.286. The van der Waals surface area contributed by atoms with E-state index in [1.165, 1.54) is 0 Å². The van der Waals surface area contributed by atoms with Gasteiger partial charge >= 0.3 is 0 Å². The molecule has 0 aliphatic carbocycles. The summed E-state index contributed by atoms with van der Waals surface area (Å²) in [7, 11) is 0. The summed E-state index contributed by atoms with van der Waals surface area (Å²) >= 11 is 9.44. The van der Waals surface area contributed by atoms with Gasteiger partial charge in [-0.05, 0) is 48.9 Å². The molecule has 1 aliphatic rings. The molecule has 1 aliphatic heterocycles. The summed E-state index contributed by atoms with van der Waals surface area (Å²) < 4.78 is 17.3. The largest absolute Gasteiger partial charge is 0.486 e. The van der Waals surface area contributed by atoms with E-state index in [1.54, 1.807) is 12.1 Å². The Morgan fingerprint density at radius 3 is 2.63 bits per heavy atom. The van der Waals surface area contributed by atoms with Crippen molar-refractivity contribution in [1.29, 1.82) is 0 Å². The molecule has 9 heteroatoms. The van der Waals surface area contributed by atoms with Crippen LogP contribution in [0.15, 0.2) is 45.4 Å². The molecule has 7 nitrogen and oxygen atoms in total. The Morgan fingerprint density at radius 2 is 1.90 bits per heavy atom. The number of nitrogens with zero attached hydrogens (tertiary/aromatic N) is 2. The molecular formula is C21H19BrClN3O4. The molecule has 0 fully saturated rings. The van der Waals surface area contributed by atoms with Crippen molar-refractivity contribution >= 4 is 33.4 Å². The van der Waals surface area contributed by atoms with E-state index in [0.29, 0.717) is 47.9 Å². The van der Waals surface area contributed by atoms with Crippen LogP contribution in [-0.4, -0.2) is 29.3 Å². The Balaban J connectivity index is 1.34. The van der Waals surface area contributed by atoms with Crippen LogP contribution in [0.4, 0.5) is 0 Å². The lowest BCUT2D eigenvalue weighted by Crippen LogP contribution is -2.27. The van der Waals surface area contributed by atoms with Gasteiger partial charge < -0.3 is 19.3 Å². The van der Waals surface area contributed by atoms with Crippen LogP contribution < -0.4 is 14.8 Å². The van der Waals surface area contributed by atoms with Crippen LogP contribution in [0.2, 0.25) is 5.02 Å². The van der Waals surface area contributed by atoms with Gasteiger partial charge in [0.2, 0.25) is 17.6 Å². The molecule has 2 aromatic carbocycles. The number of ether oxygens (including phenoxy) is 2. The maximum absolute atomic E-state index is 12.4. The molecule has 0 radical (unpaired) electrons. The molecule has 1 N–H and O–H groups in total. The third kappa shape index (κ3) is 4.76. The fourth-order valence-electron chi connectivity index (χ4n) is 3.10. The topological polar surface area (TPSA) is 86.5 Å². The Morgan fingerprint density at radius 1 is 1.20 bits per heavy atom. The van der Waals surface area contributed by atoms with Gasteiger partial charge in [0.25, 0.3) is 0 Å². The van der Waals surface area contributed by atoms with Gasteiger partial charge in [0, 0.05) is 27.9 Å². The molecule has 156 valence electrons. The number of carbonyl (C=O) groups is 1. The second kappa shape index (κ2) is 9.06. The summed E-state index contributed by atoms with van der Waals surface area (Å²) in [5.74, 6) is 2.14. The molecular weight excluding hydrogens is 474 g/mol. The molecule has 4 rings (SSSR count). The lowest BCUT2D eigenvalue weighted by atomic mass is 10.1. The predicted octanol–water partition coefficient (Wildman–Crippen LogP) is 4.73. The maximum Gasteiger partial charge on any atom is 0.227 e. The van der Waals surface area contributed by atoms with Gasteiger partial charge in [-0.2, -0.15) is 4.98 Å². The van der Waals surface area contributed by atoms with E-state index < -0.39 is 0 Å². The van der Waals surface area contributed by atoms with Gasteiger partial charge in [-0.15, -0.1) is 0 Å². The van der Waals surface area contributed by atoms with Gasteiger partial charge in [-0.25, -0.2) is 0 Å². The lowest BCUT2D eigenvalue weighted by molar-refractivity contribution is -0.121. The van der Waals surface area contributed by atoms with E-state index in [1.807, 2.05) is 31.2 Å². The summed E-state index contributed by atoms with van der Waals surface area (Å²) in [5.41, 5.74) is 1.71. The first kappa shape index (κ1) is 20.7. The molecule has 1 atom stereocenters. The van der Waals surface area contributed by atoms with Crippen LogP contribution >= 0.6 is 27.5 Å². The van der Waals surface area contributed by atoms with E-state index in [0.717, 1.165) is 15.6 Å². The van der Waals surface area contributed by atoms with E-state index in [2.05, 4.69) is 31.4 Å². The Hall–Kier alpha value is -2.58. The highest BCUT2D eigenvalue weighted by Gasteiger charge is 2.19. The van der Waals surface area contributed by atoms with Crippen molar-refractivity contribution in [2.45, 2.75) is 25.8 Å². The van der Waals surface area contributed by atoms with E-state index in [9.17, 15) is 4.79 Å². The van der Waals surface area contributed by atoms with Crippen LogP contribution in [0.5, 0.6) is 11.5 Å². The fourth-order valence-corrected chi connectivity index (χ4v) is 3.89. The summed E-state index contributed by atoms with van der Waals surface area (Å²) in [4.78, 5) is 16.8. The molecule has 3 aromatic rings. The number of amides is 1. The maximum atomic E-state index is 12.4. The highest BCUT2D eigenvalue weighted by Crippen LogP contribution is 2.37. The number of carbonyl (C=O) groups excluding carboxylic acids is 1. The van der Waals surface area contributed by atoms with Gasteiger partial charge in [-0.1, -0.05) is 32.7 Å². The number of aromatic nitrogens is 2. The SMILES string of the molecule is CC(NC(=O)CCc1nc(-c2ccc(Cl)cc2)no1)c1cc2c(cc1Br)OCCO2. The zero-order valence-corrected chi connectivity index (χ0v) is 18.5. The first-order valence-electron chi connectivity index (χ1n) is 9.46. The van der Waals surface area contributed by atoms with E-state index in [4.69, 9.17) is 25.6 Å². The quantitative estimate of drug-likeness (QED) is 0.535. The molecule has 2 heterocycles. The van der Waals surface area contributed by atoms with Crippen LogP contribution in [0, 0.1) is 0 Å². The van der Waals surface area contributed by atoms with Crippen LogP contribution in [0.3, 0.4) is 0 Å². The van der Waals surface area contributed by atoms with Gasteiger partial charge in [0.1, 0.15) is 13.2 Å². The lowest BCUT2D eigenvalue weighted by Gasteiger charge is -2.22. The van der Waals surface area contributed by atoms with Crippen molar-refractivity contribution in [2.24, 2.45) is 0 Å². The number of fused-ring (bicyclic) bond motifs is 1. The minimum atomic E-state index is -0.213. The zero-order valence-electron chi connectivity index (χ0n) is 16.2. The minimum absolute atomic E-state index is 0.115. The third-order valence-corrected chi connectivity index (χ3v) is 5.58. The number of nitrogens with one attached hydrogen (secondary N) is 1. The number of aryl methyl sites for hydroxylation is 1. The van der Waals surface area contributed by atoms with Crippen molar-refractivity contribution in [2.75, 3.05) is 13.2 Å². The molecule has 1 unspecified atom stereocenters. The average Bonchev–Trinajstić information content (AvgIpc) is 3.21. The first-order chi connectivity index (χ1) is 14.5. The van der Waals surface area contributed by atoms with Crippen LogP contribution in [-0.2, 0) is 11.2 Å². The van der Waals surface area contributed by atoms with Crippen LogP contribution in [0.1, 0.15) is 30.8 Å². The van der Waals surface area contributed by atoms with Gasteiger partial charge in [0.05, 0.1) is 6.04 Å². The molecule has 30 heavy (non-hydrogen) atoms. The number of halogens is 2. The summed E-state index contributed by atoms with van der Waals surface area (Å²) in [5, 5.41) is 7.59. The van der Waals surface area contributed by atoms with E-state index in [-0.39, 0.29) is 18.4 Å². The molecule has 0 saturated heterocycles. The summed E-state index contributed by atoms with van der Waals surface area (Å²) in [6.45, 7) is 2.96. The van der Waals surface area contributed by atoms with Crippen molar-refractivity contribution in [3.8, 4) is 22.9 Å². The normalized spacial score (nSPS) is 13.7. The Labute approximate surface area is 186 Å². The van der Waals surface area contributed by atoms with Gasteiger partial charge in [-0.3, -0.25) is 4.79 Å². The van der Waals surface area contributed by atoms with Crippen molar-refractivity contribution in [3.05, 3.63) is 57.3 Å². The number of rotatable bonds is 6. The van der Waals surface area contributed by atoms with Crippen molar-refractivity contribution in [1.82, 2.24) is 15.5 Å². The van der Waals surface area contributed by atoms with Crippen LogP contribution in [0.25, 0.3) is 11.4 Å². The van der Waals surface area contributed by atoms with Crippen molar-refractivity contribution < 1.29 is 18.8 Å². The molecule has 1 aromatic heterocycles. The second-order valence-electron chi connectivity index (χ2n) is 6.83. The smallest absolute Gasteiger partial charge is 0.227 e. The minimum Gasteiger partial charge on any atom is -0.486 e.